The first-order valence-corrected chi connectivity index (χ1v) is 7.94. The molecule has 0 radical (unpaired) electrons. The molecule has 1 fully saturated rings. The van der Waals surface area contributed by atoms with Crippen molar-refractivity contribution in [1.82, 2.24) is 10.2 Å². The van der Waals surface area contributed by atoms with Gasteiger partial charge in [-0.2, -0.15) is 0 Å². The Bertz CT molecular complexity index is 235. The largest absolute Gasteiger partial charge is 0.312 e. The van der Waals surface area contributed by atoms with E-state index in [1.54, 1.807) is 6.26 Å². The van der Waals surface area contributed by atoms with Crippen LogP contribution < -0.4 is 5.32 Å². The van der Waals surface area contributed by atoms with E-state index in [-0.39, 0.29) is 5.25 Å². The Morgan fingerprint density at radius 2 is 2.25 bits per heavy atom. The maximum Gasteiger partial charge on any atom is 0.0441 e. The maximum absolute atomic E-state index is 11.3. The van der Waals surface area contributed by atoms with E-state index >= 15 is 0 Å². The van der Waals surface area contributed by atoms with Crippen LogP contribution in [-0.4, -0.2) is 52.8 Å². The summed E-state index contributed by atoms with van der Waals surface area (Å²) in [5, 5.41) is 3.84. The highest BCUT2D eigenvalue weighted by molar-refractivity contribution is 7.84. The van der Waals surface area contributed by atoms with Crippen molar-refractivity contribution < 1.29 is 4.21 Å². The lowest BCUT2D eigenvalue weighted by molar-refractivity contribution is 0.154. The Hall–Kier alpha value is 0.0700. The lowest BCUT2D eigenvalue weighted by atomic mass is 9.94. The van der Waals surface area contributed by atoms with Gasteiger partial charge in [-0.1, -0.05) is 13.8 Å². The summed E-state index contributed by atoms with van der Waals surface area (Å²) in [5.74, 6) is 0.700. The number of piperidine rings is 1. The van der Waals surface area contributed by atoms with E-state index in [0.717, 1.165) is 13.1 Å². The average Bonchev–Trinajstić information content (AvgIpc) is 2.26. The van der Waals surface area contributed by atoms with Gasteiger partial charge in [0.1, 0.15) is 0 Å². The van der Waals surface area contributed by atoms with E-state index in [2.05, 4.69) is 31.0 Å². The van der Waals surface area contributed by atoms with E-state index < -0.39 is 10.8 Å². The molecule has 3 nitrogen and oxygen atoms in total. The number of nitrogens with one attached hydrogen (secondary N) is 1. The fraction of sp³-hybridized carbons (Fsp3) is 1.00. The highest BCUT2D eigenvalue weighted by Crippen LogP contribution is 2.16. The van der Waals surface area contributed by atoms with Crippen molar-refractivity contribution in [3.8, 4) is 0 Å². The summed E-state index contributed by atoms with van der Waals surface area (Å²) in [6, 6.07) is 0.605. The van der Waals surface area contributed by atoms with Gasteiger partial charge in [-0.15, -0.1) is 0 Å². The summed E-state index contributed by atoms with van der Waals surface area (Å²) in [6.45, 7) is 11.0. The van der Waals surface area contributed by atoms with Crippen LogP contribution in [0.3, 0.4) is 0 Å². The molecule has 1 N–H and O–H groups in total. The van der Waals surface area contributed by atoms with Crippen LogP contribution in [0.5, 0.6) is 0 Å². The molecule has 0 bridgehead atoms. The van der Waals surface area contributed by atoms with E-state index in [9.17, 15) is 4.21 Å². The molecule has 1 saturated heterocycles. The standard InChI is InChI=1S/C12H26N2OS/c1-5-14-7-6-12(10(2)9-14)13-8-11(3)16(4)15/h10-13H,5-9H2,1-4H3. The van der Waals surface area contributed by atoms with Crippen LogP contribution in [0, 0.1) is 5.92 Å². The van der Waals surface area contributed by atoms with Gasteiger partial charge in [0.05, 0.1) is 0 Å². The molecule has 0 aromatic carbocycles. The minimum atomic E-state index is -0.707. The van der Waals surface area contributed by atoms with Gasteiger partial charge in [-0.25, -0.2) is 0 Å². The molecule has 4 atom stereocenters. The summed E-state index contributed by atoms with van der Waals surface area (Å²) in [6.07, 6.45) is 3.01. The van der Waals surface area contributed by atoms with Gasteiger partial charge in [-0.05, 0) is 32.4 Å². The summed E-state index contributed by atoms with van der Waals surface area (Å²) >= 11 is 0. The van der Waals surface area contributed by atoms with Gasteiger partial charge < -0.3 is 10.2 Å². The topological polar surface area (TPSA) is 32.3 Å². The first-order valence-electron chi connectivity index (χ1n) is 6.32. The monoisotopic (exact) mass is 246 g/mol. The Morgan fingerprint density at radius 3 is 2.75 bits per heavy atom. The first kappa shape index (κ1) is 14.1. The molecular weight excluding hydrogens is 220 g/mol. The zero-order valence-electron chi connectivity index (χ0n) is 11.0. The lowest BCUT2D eigenvalue weighted by Gasteiger charge is -2.37. The predicted octanol–water partition coefficient (Wildman–Crippen LogP) is 1.07. The molecule has 1 aliphatic heterocycles. The smallest absolute Gasteiger partial charge is 0.0441 e. The van der Waals surface area contributed by atoms with Crippen LogP contribution in [0.4, 0.5) is 0 Å². The van der Waals surface area contributed by atoms with Crippen LogP contribution >= 0.6 is 0 Å². The van der Waals surface area contributed by atoms with Crippen molar-refractivity contribution in [2.24, 2.45) is 5.92 Å². The molecule has 0 amide bonds. The number of likely N-dealkylation sites (tertiary alicyclic amines) is 1. The first-order chi connectivity index (χ1) is 7.54. The highest BCUT2D eigenvalue weighted by Gasteiger charge is 2.25. The molecular formula is C12H26N2OS. The van der Waals surface area contributed by atoms with Crippen LogP contribution in [-0.2, 0) is 10.8 Å². The fourth-order valence-corrected chi connectivity index (χ4v) is 2.59. The van der Waals surface area contributed by atoms with Crippen molar-refractivity contribution in [2.75, 3.05) is 32.4 Å². The Kier molecular flexibility index (Phi) is 5.94. The molecule has 4 unspecified atom stereocenters. The molecule has 16 heavy (non-hydrogen) atoms. The van der Waals surface area contributed by atoms with E-state index in [0.29, 0.717) is 12.0 Å². The molecule has 0 saturated carbocycles. The third-order valence-electron chi connectivity index (χ3n) is 3.67. The fourth-order valence-electron chi connectivity index (χ4n) is 2.26. The second-order valence-corrected chi connectivity index (χ2v) is 6.79. The summed E-state index contributed by atoms with van der Waals surface area (Å²) in [7, 11) is -0.707. The van der Waals surface area contributed by atoms with Crippen molar-refractivity contribution in [1.29, 1.82) is 0 Å². The summed E-state index contributed by atoms with van der Waals surface area (Å²) in [4.78, 5) is 2.50. The molecule has 1 aliphatic rings. The average molecular weight is 246 g/mol. The van der Waals surface area contributed by atoms with Gasteiger partial charge in [-0.3, -0.25) is 4.21 Å². The summed E-state index contributed by atoms with van der Waals surface area (Å²) < 4.78 is 11.3. The van der Waals surface area contributed by atoms with Gasteiger partial charge in [0.25, 0.3) is 0 Å². The normalized spacial score (nSPS) is 31.2. The molecule has 4 heteroatoms. The zero-order chi connectivity index (χ0) is 12.1. The quantitative estimate of drug-likeness (QED) is 0.788. The Morgan fingerprint density at radius 1 is 1.56 bits per heavy atom. The minimum absolute atomic E-state index is 0.261. The van der Waals surface area contributed by atoms with Gasteiger partial charge in [0.15, 0.2) is 0 Å². The molecule has 96 valence electrons. The van der Waals surface area contributed by atoms with Crippen molar-refractivity contribution in [3.05, 3.63) is 0 Å². The lowest BCUT2D eigenvalue weighted by Crippen LogP contribution is -2.49. The molecule has 0 aliphatic carbocycles. The van der Waals surface area contributed by atoms with Gasteiger partial charge in [0, 0.05) is 41.4 Å². The second kappa shape index (κ2) is 6.72. The Balaban J connectivity index is 2.30. The van der Waals surface area contributed by atoms with E-state index in [1.165, 1.54) is 19.5 Å². The third-order valence-corrected chi connectivity index (χ3v) is 4.97. The highest BCUT2D eigenvalue weighted by atomic mass is 32.2. The zero-order valence-corrected chi connectivity index (χ0v) is 11.8. The number of rotatable bonds is 5. The van der Waals surface area contributed by atoms with Crippen molar-refractivity contribution in [2.45, 2.75) is 38.5 Å². The van der Waals surface area contributed by atoms with Gasteiger partial charge in [0.2, 0.25) is 0 Å². The minimum Gasteiger partial charge on any atom is -0.312 e. The van der Waals surface area contributed by atoms with E-state index in [1.807, 2.05) is 0 Å². The third kappa shape index (κ3) is 4.15. The maximum atomic E-state index is 11.3. The van der Waals surface area contributed by atoms with Crippen LogP contribution in [0.1, 0.15) is 27.2 Å². The van der Waals surface area contributed by atoms with Crippen molar-refractivity contribution in [3.63, 3.8) is 0 Å². The molecule has 0 spiro atoms. The molecule has 0 aromatic heterocycles. The molecule has 0 aromatic rings. The summed E-state index contributed by atoms with van der Waals surface area (Å²) in [5.41, 5.74) is 0. The van der Waals surface area contributed by atoms with Gasteiger partial charge >= 0.3 is 0 Å². The van der Waals surface area contributed by atoms with Crippen molar-refractivity contribution >= 4 is 10.8 Å². The Labute approximate surface area is 102 Å². The molecule has 1 heterocycles. The van der Waals surface area contributed by atoms with E-state index in [4.69, 9.17) is 0 Å². The number of hydrogen-bond donors (Lipinski definition) is 1. The van der Waals surface area contributed by atoms with Crippen LogP contribution in [0.15, 0.2) is 0 Å². The van der Waals surface area contributed by atoms with Crippen LogP contribution in [0.25, 0.3) is 0 Å². The molecule has 1 rings (SSSR count). The number of nitrogens with zero attached hydrogens (tertiary/aromatic N) is 1. The SMILES string of the molecule is CCN1CCC(NCC(C)S(C)=O)C(C)C1. The predicted molar refractivity (Wildman–Crippen MR) is 71.2 cm³/mol. The van der Waals surface area contributed by atoms with Crippen LogP contribution in [0.2, 0.25) is 0 Å². The number of hydrogen-bond acceptors (Lipinski definition) is 3. The second-order valence-electron chi connectivity index (χ2n) is 4.98.